The third kappa shape index (κ3) is 4.39. The molecular weight excluding hydrogens is 140 g/mol. The predicted molar refractivity (Wildman–Crippen MR) is 46.1 cm³/mol. The average Bonchev–Trinajstić information content (AvgIpc) is 2.06. The van der Waals surface area contributed by atoms with E-state index in [1.165, 1.54) is 0 Å². The molecule has 0 heterocycles. The van der Waals surface area contributed by atoms with Gasteiger partial charge in [0.15, 0.2) is 0 Å². The summed E-state index contributed by atoms with van der Waals surface area (Å²) < 4.78 is 4.91. The van der Waals surface area contributed by atoms with Gasteiger partial charge < -0.3 is 9.84 Å². The van der Waals surface area contributed by atoms with Crippen molar-refractivity contribution in [3.8, 4) is 0 Å². The highest BCUT2D eigenvalue weighted by molar-refractivity contribution is 5.19. The highest BCUT2D eigenvalue weighted by Crippen LogP contribution is 1.98. The fraction of sp³-hybridized carbons (Fsp3) is 0.333. The maximum absolute atomic E-state index is 8.63. The number of hydrogen-bond donors (Lipinski definition) is 1. The zero-order chi connectivity index (χ0) is 8.69. The second kappa shape index (κ2) is 5.74. The fourth-order valence-electron chi connectivity index (χ4n) is 0.497. The number of hydrogen-bond acceptors (Lipinski definition) is 2. The summed E-state index contributed by atoms with van der Waals surface area (Å²) in [5.41, 5.74) is 0.890. The van der Waals surface area contributed by atoms with Crippen LogP contribution in [0, 0.1) is 0 Å². The molecule has 0 aliphatic heterocycles. The Labute approximate surface area is 67.5 Å². The van der Waals surface area contributed by atoms with Gasteiger partial charge in [-0.15, -0.1) is 0 Å². The molecule has 0 atom stereocenters. The van der Waals surface area contributed by atoms with Crippen molar-refractivity contribution in [3.05, 3.63) is 36.1 Å². The van der Waals surface area contributed by atoms with E-state index in [0.717, 1.165) is 5.57 Å². The SMILES string of the molecule is C=C/C(=C\C=C(/C)CO)OC. The molecule has 0 aromatic heterocycles. The van der Waals surface area contributed by atoms with Gasteiger partial charge in [0, 0.05) is 0 Å². The van der Waals surface area contributed by atoms with Gasteiger partial charge in [0.2, 0.25) is 0 Å². The summed E-state index contributed by atoms with van der Waals surface area (Å²) in [6.07, 6.45) is 5.17. The first-order chi connectivity index (χ1) is 5.24. The summed E-state index contributed by atoms with van der Waals surface area (Å²) >= 11 is 0. The largest absolute Gasteiger partial charge is 0.497 e. The normalized spacial score (nSPS) is 13.0. The number of allylic oxidation sites excluding steroid dienone is 3. The third-order valence-corrected chi connectivity index (χ3v) is 1.22. The van der Waals surface area contributed by atoms with Crippen LogP contribution in [0.1, 0.15) is 6.92 Å². The average molecular weight is 154 g/mol. The molecule has 2 heteroatoms. The zero-order valence-electron chi connectivity index (χ0n) is 7.00. The molecule has 0 spiro atoms. The first-order valence-electron chi connectivity index (χ1n) is 3.39. The van der Waals surface area contributed by atoms with Gasteiger partial charge in [-0.25, -0.2) is 0 Å². The number of aliphatic hydroxyl groups excluding tert-OH is 1. The molecule has 0 aliphatic rings. The van der Waals surface area contributed by atoms with Gasteiger partial charge in [-0.2, -0.15) is 0 Å². The Hall–Kier alpha value is -1.02. The van der Waals surface area contributed by atoms with Crippen LogP contribution in [-0.2, 0) is 4.74 Å². The van der Waals surface area contributed by atoms with Crippen molar-refractivity contribution >= 4 is 0 Å². The Bertz CT molecular complexity index is 178. The summed E-state index contributed by atoms with van der Waals surface area (Å²) in [4.78, 5) is 0. The Balaban J connectivity index is 4.17. The molecule has 0 saturated carbocycles. The lowest BCUT2D eigenvalue weighted by molar-refractivity contribution is 0.307. The second-order valence-electron chi connectivity index (χ2n) is 2.15. The maximum Gasteiger partial charge on any atom is 0.118 e. The summed E-state index contributed by atoms with van der Waals surface area (Å²) in [5, 5.41) is 8.63. The summed E-state index contributed by atoms with van der Waals surface area (Å²) in [7, 11) is 1.58. The van der Waals surface area contributed by atoms with Crippen molar-refractivity contribution in [2.45, 2.75) is 6.92 Å². The first-order valence-corrected chi connectivity index (χ1v) is 3.39. The minimum Gasteiger partial charge on any atom is -0.497 e. The van der Waals surface area contributed by atoms with E-state index in [2.05, 4.69) is 6.58 Å². The van der Waals surface area contributed by atoms with Crippen molar-refractivity contribution < 1.29 is 9.84 Å². The van der Waals surface area contributed by atoms with Crippen LogP contribution in [-0.4, -0.2) is 18.8 Å². The lowest BCUT2D eigenvalue weighted by atomic mass is 10.3. The molecule has 62 valence electrons. The van der Waals surface area contributed by atoms with Crippen LogP contribution in [0.5, 0.6) is 0 Å². The van der Waals surface area contributed by atoms with Crippen molar-refractivity contribution in [2.24, 2.45) is 0 Å². The minimum atomic E-state index is 0.0740. The number of methoxy groups -OCH3 is 1. The van der Waals surface area contributed by atoms with Gasteiger partial charge >= 0.3 is 0 Å². The topological polar surface area (TPSA) is 29.5 Å². The smallest absolute Gasteiger partial charge is 0.118 e. The standard InChI is InChI=1S/C9H14O2/c1-4-9(11-3)6-5-8(2)7-10/h4-6,10H,1,7H2,2-3H3/b8-5+,9-6+. The molecule has 0 fully saturated rings. The van der Waals surface area contributed by atoms with E-state index in [-0.39, 0.29) is 6.61 Å². The minimum absolute atomic E-state index is 0.0740. The van der Waals surface area contributed by atoms with Crippen molar-refractivity contribution in [2.75, 3.05) is 13.7 Å². The Morgan fingerprint density at radius 2 is 2.18 bits per heavy atom. The molecule has 0 saturated heterocycles. The summed E-state index contributed by atoms with van der Waals surface area (Å²) in [5.74, 6) is 0.692. The molecule has 0 rings (SSSR count). The Morgan fingerprint density at radius 3 is 2.55 bits per heavy atom. The van der Waals surface area contributed by atoms with Gasteiger partial charge in [0.1, 0.15) is 5.76 Å². The Morgan fingerprint density at radius 1 is 1.55 bits per heavy atom. The van der Waals surface area contributed by atoms with Crippen LogP contribution in [0.2, 0.25) is 0 Å². The van der Waals surface area contributed by atoms with Gasteiger partial charge in [-0.1, -0.05) is 12.7 Å². The number of aliphatic hydroxyl groups is 1. The van der Waals surface area contributed by atoms with Crippen LogP contribution >= 0.6 is 0 Å². The quantitative estimate of drug-likeness (QED) is 0.492. The molecule has 0 aromatic carbocycles. The van der Waals surface area contributed by atoms with Crippen LogP contribution in [0.4, 0.5) is 0 Å². The van der Waals surface area contributed by atoms with Crippen molar-refractivity contribution in [1.82, 2.24) is 0 Å². The van der Waals surface area contributed by atoms with Crippen LogP contribution in [0.3, 0.4) is 0 Å². The predicted octanol–water partition coefficient (Wildman–Crippen LogP) is 1.64. The lowest BCUT2D eigenvalue weighted by Crippen LogP contribution is -1.83. The van der Waals surface area contributed by atoms with E-state index in [4.69, 9.17) is 9.84 Å². The Kier molecular flexibility index (Phi) is 5.21. The van der Waals surface area contributed by atoms with Crippen LogP contribution in [0.15, 0.2) is 36.1 Å². The third-order valence-electron chi connectivity index (χ3n) is 1.22. The molecule has 0 radical (unpaired) electrons. The maximum atomic E-state index is 8.63. The van der Waals surface area contributed by atoms with Gasteiger partial charge in [-0.05, 0) is 24.6 Å². The van der Waals surface area contributed by atoms with E-state index in [9.17, 15) is 0 Å². The second-order valence-corrected chi connectivity index (χ2v) is 2.15. The monoisotopic (exact) mass is 154 g/mol. The van der Waals surface area contributed by atoms with Gasteiger partial charge in [0.05, 0.1) is 13.7 Å². The van der Waals surface area contributed by atoms with E-state index in [1.54, 1.807) is 25.3 Å². The van der Waals surface area contributed by atoms with E-state index in [1.807, 2.05) is 6.92 Å². The van der Waals surface area contributed by atoms with E-state index >= 15 is 0 Å². The van der Waals surface area contributed by atoms with Crippen molar-refractivity contribution in [1.29, 1.82) is 0 Å². The zero-order valence-corrected chi connectivity index (χ0v) is 7.00. The molecule has 1 N–H and O–H groups in total. The molecule has 0 aliphatic carbocycles. The molecule has 11 heavy (non-hydrogen) atoms. The molecule has 0 aromatic rings. The first kappa shape index (κ1) is 9.98. The molecule has 0 amide bonds. The number of rotatable bonds is 4. The van der Waals surface area contributed by atoms with Crippen LogP contribution < -0.4 is 0 Å². The summed E-state index contributed by atoms with van der Waals surface area (Å²) in [6.45, 7) is 5.46. The van der Waals surface area contributed by atoms with Crippen LogP contribution in [0.25, 0.3) is 0 Å². The van der Waals surface area contributed by atoms with E-state index < -0.39 is 0 Å². The summed E-state index contributed by atoms with van der Waals surface area (Å²) in [6, 6.07) is 0. The fourth-order valence-corrected chi connectivity index (χ4v) is 0.497. The van der Waals surface area contributed by atoms with Gasteiger partial charge in [-0.3, -0.25) is 0 Å². The van der Waals surface area contributed by atoms with Crippen molar-refractivity contribution in [3.63, 3.8) is 0 Å². The molecule has 2 nitrogen and oxygen atoms in total. The van der Waals surface area contributed by atoms with E-state index in [0.29, 0.717) is 5.76 Å². The number of ether oxygens (including phenoxy) is 1. The highest BCUT2D eigenvalue weighted by Gasteiger charge is 1.85. The molecular formula is C9H14O2. The molecule has 0 unspecified atom stereocenters. The van der Waals surface area contributed by atoms with Gasteiger partial charge in [0.25, 0.3) is 0 Å². The molecule has 0 bridgehead atoms. The lowest BCUT2D eigenvalue weighted by Gasteiger charge is -1.96. The highest BCUT2D eigenvalue weighted by atomic mass is 16.5.